The van der Waals surface area contributed by atoms with Gasteiger partial charge in [0.2, 0.25) is 5.13 Å². The molecule has 0 saturated heterocycles. The van der Waals surface area contributed by atoms with E-state index < -0.39 is 6.10 Å². The van der Waals surface area contributed by atoms with Crippen LogP contribution in [0.2, 0.25) is 0 Å². The van der Waals surface area contributed by atoms with E-state index in [0.717, 1.165) is 9.90 Å². The fourth-order valence-corrected chi connectivity index (χ4v) is 3.63. The number of nitrogens with one attached hydrogen (secondary N) is 1. The minimum Gasteiger partial charge on any atom is -0.481 e. The van der Waals surface area contributed by atoms with Gasteiger partial charge in [0.05, 0.1) is 0 Å². The van der Waals surface area contributed by atoms with Crippen LogP contribution in [0.5, 0.6) is 5.75 Å². The van der Waals surface area contributed by atoms with Crippen LogP contribution in [0.4, 0.5) is 5.13 Å². The maximum absolute atomic E-state index is 12.2. The number of anilines is 1. The Morgan fingerprint density at radius 1 is 1.27 bits per heavy atom. The van der Waals surface area contributed by atoms with Crippen LogP contribution in [0.3, 0.4) is 0 Å². The highest BCUT2D eigenvalue weighted by molar-refractivity contribution is 8.01. The average molecular weight is 337 g/mol. The number of rotatable bonds is 6. The largest absolute Gasteiger partial charge is 0.481 e. The summed E-state index contributed by atoms with van der Waals surface area (Å²) in [6.45, 7) is 7.83. The van der Waals surface area contributed by atoms with E-state index >= 15 is 0 Å². The molecule has 7 heteroatoms. The number of benzene rings is 1. The minimum absolute atomic E-state index is 0.236. The van der Waals surface area contributed by atoms with Crippen molar-refractivity contribution < 1.29 is 9.53 Å². The maximum Gasteiger partial charge on any atom is 0.266 e. The zero-order valence-electron chi connectivity index (χ0n) is 13.0. The van der Waals surface area contributed by atoms with Crippen LogP contribution in [0.1, 0.15) is 26.3 Å². The van der Waals surface area contributed by atoms with Crippen LogP contribution >= 0.6 is 23.1 Å². The molecule has 0 bridgehead atoms. The SMILES string of the molecule is Cc1ccccc1OC(C)C(=O)Nc1nnc(SC(C)C)s1. The Balaban J connectivity index is 1.94. The van der Waals surface area contributed by atoms with Gasteiger partial charge in [0.15, 0.2) is 10.4 Å². The van der Waals surface area contributed by atoms with Crippen LogP contribution in [0, 0.1) is 6.92 Å². The molecule has 0 fully saturated rings. The van der Waals surface area contributed by atoms with E-state index in [4.69, 9.17) is 4.74 Å². The molecule has 1 aromatic heterocycles. The van der Waals surface area contributed by atoms with Crippen LogP contribution < -0.4 is 10.1 Å². The lowest BCUT2D eigenvalue weighted by Gasteiger charge is -2.15. The zero-order chi connectivity index (χ0) is 16.1. The molecule has 1 atom stereocenters. The van der Waals surface area contributed by atoms with Gasteiger partial charge in [-0.3, -0.25) is 10.1 Å². The van der Waals surface area contributed by atoms with Crippen molar-refractivity contribution in [3.63, 3.8) is 0 Å². The normalized spacial score (nSPS) is 12.2. The standard InChI is InChI=1S/C15H19N3O2S2/c1-9(2)21-15-18-17-14(22-15)16-13(19)11(4)20-12-8-6-5-7-10(12)3/h5-9,11H,1-4H3,(H,16,17,19). The Kier molecular flexibility index (Phi) is 5.79. The van der Waals surface area contributed by atoms with E-state index in [-0.39, 0.29) is 5.91 Å². The molecule has 1 amide bonds. The number of para-hydroxylation sites is 1. The molecule has 2 aromatic rings. The van der Waals surface area contributed by atoms with E-state index in [1.807, 2.05) is 31.2 Å². The van der Waals surface area contributed by atoms with Crippen molar-refractivity contribution in [1.82, 2.24) is 10.2 Å². The second-order valence-electron chi connectivity index (χ2n) is 5.05. The fourth-order valence-electron chi connectivity index (χ4n) is 1.65. The Labute approximate surface area is 138 Å². The predicted molar refractivity (Wildman–Crippen MR) is 90.8 cm³/mol. The Hall–Kier alpha value is -1.60. The molecule has 0 aliphatic heterocycles. The molecule has 118 valence electrons. The van der Waals surface area contributed by atoms with Crippen molar-refractivity contribution in [3.05, 3.63) is 29.8 Å². The van der Waals surface area contributed by atoms with Crippen molar-refractivity contribution in [2.75, 3.05) is 5.32 Å². The van der Waals surface area contributed by atoms with Gasteiger partial charge in [-0.25, -0.2) is 0 Å². The molecule has 1 heterocycles. The molecule has 0 saturated carbocycles. The van der Waals surface area contributed by atoms with Crippen molar-refractivity contribution in [1.29, 1.82) is 0 Å². The molecule has 1 N–H and O–H groups in total. The molecule has 2 rings (SSSR count). The van der Waals surface area contributed by atoms with Gasteiger partial charge < -0.3 is 4.74 Å². The predicted octanol–water partition coefficient (Wildman–Crippen LogP) is 3.75. The fraction of sp³-hybridized carbons (Fsp3) is 0.400. The van der Waals surface area contributed by atoms with Gasteiger partial charge in [-0.2, -0.15) is 0 Å². The van der Waals surface area contributed by atoms with Gasteiger partial charge in [0, 0.05) is 5.25 Å². The van der Waals surface area contributed by atoms with Crippen molar-refractivity contribution in [2.24, 2.45) is 0 Å². The summed E-state index contributed by atoms with van der Waals surface area (Å²) in [5, 5.41) is 11.7. The lowest BCUT2D eigenvalue weighted by Crippen LogP contribution is -2.30. The average Bonchev–Trinajstić information content (AvgIpc) is 2.87. The Bertz CT molecular complexity index is 643. The number of ether oxygens (including phenoxy) is 1. The molecule has 0 radical (unpaired) electrons. The van der Waals surface area contributed by atoms with Crippen molar-refractivity contribution in [2.45, 2.75) is 43.4 Å². The molecular weight excluding hydrogens is 318 g/mol. The summed E-state index contributed by atoms with van der Waals surface area (Å²) in [6, 6.07) is 7.61. The van der Waals surface area contributed by atoms with E-state index in [1.54, 1.807) is 18.7 Å². The number of aromatic nitrogens is 2. The summed E-state index contributed by atoms with van der Waals surface area (Å²) in [7, 11) is 0. The number of amides is 1. The van der Waals surface area contributed by atoms with E-state index in [0.29, 0.717) is 16.1 Å². The summed E-state index contributed by atoms with van der Waals surface area (Å²) in [4.78, 5) is 12.2. The molecule has 1 unspecified atom stereocenters. The lowest BCUT2D eigenvalue weighted by atomic mass is 10.2. The molecular formula is C15H19N3O2S2. The maximum atomic E-state index is 12.2. The summed E-state index contributed by atoms with van der Waals surface area (Å²) in [6.07, 6.45) is -0.605. The third kappa shape index (κ3) is 4.71. The van der Waals surface area contributed by atoms with Gasteiger partial charge in [-0.05, 0) is 25.5 Å². The third-order valence-electron chi connectivity index (χ3n) is 2.74. The highest BCUT2D eigenvalue weighted by Crippen LogP contribution is 2.28. The summed E-state index contributed by atoms with van der Waals surface area (Å²) in [5.41, 5.74) is 0.994. The minimum atomic E-state index is -0.605. The van der Waals surface area contributed by atoms with Gasteiger partial charge >= 0.3 is 0 Å². The van der Waals surface area contributed by atoms with E-state index in [1.165, 1.54) is 11.3 Å². The molecule has 5 nitrogen and oxygen atoms in total. The second kappa shape index (κ2) is 7.60. The monoisotopic (exact) mass is 337 g/mol. The van der Waals surface area contributed by atoms with E-state index in [9.17, 15) is 4.79 Å². The van der Waals surface area contributed by atoms with Gasteiger partial charge in [0.1, 0.15) is 5.75 Å². The number of carbonyl (C=O) groups excluding carboxylic acids is 1. The number of carbonyl (C=O) groups is 1. The molecule has 0 aliphatic carbocycles. The first kappa shape index (κ1) is 16.8. The first-order valence-electron chi connectivity index (χ1n) is 6.99. The lowest BCUT2D eigenvalue weighted by molar-refractivity contribution is -0.122. The van der Waals surface area contributed by atoms with Crippen LogP contribution in [0.15, 0.2) is 28.6 Å². The van der Waals surface area contributed by atoms with Crippen molar-refractivity contribution >= 4 is 34.1 Å². The van der Waals surface area contributed by atoms with Gasteiger partial charge in [-0.15, -0.1) is 10.2 Å². The number of nitrogens with zero attached hydrogens (tertiary/aromatic N) is 2. The van der Waals surface area contributed by atoms with Crippen molar-refractivity contribution in [3.8, 4) is 5.75 Å². The highest BCUT2D eigenvalue weighted by atomic mass is 32.2. The number of hydrogen-bond acceptors (Lipinski definition) is 6. The molecule has 1 aromatic carbocycles. The van der Waals surface area contributed by atoms with Gasteiger partial charge in [0.25, 0.3) is 5.91 Å². The highest BCUT2D eigenvalue weighted by Gasteiger charge is 2.18. The third-order valence-corrected chi connectivity index (χ3v) is 4.67. The quantitative estimate of drug-likeness (QED) is 0.642. The molecule has 22 heavy (non-hydrogen) atoms. The topological polar surface area (TPSA) is 64.1 Å². The zero-order valence-corrected chi connectivity index (χ0v) is 14.6. The second-order valence-corrected chi connectivity index (χ2v) is 7.86. The Morgan fingerprint density at radius 3 is 2.68 bits per heavy atom. The van der Waals surface area contributed by atoms with Crippen LogP contribution in [0.25, 0.3) is 0 Å². The molecule has 0 aliphatic rings. The number of thioether (sulfide) groups is 1. The summed E-state index contributed by atoms with van der Waals surface area (Å²) < 4.78 is 6.53. The van der Waals surface area contributed by atoms with Crippen LogP contribution in [-0.4, -0.2) is 27.5 Å². The smallest absolute Gasteiger partial charge is 0.266 e. The summed E-state index contributed by atoms with van der Waals surface area (Å²) >= 11 is 2.99. The number of hydrogen-bond donors (Lipinski definition) is 1. The number of aryl methyl sites for hydroxylation is 1. The first-order valence-corrected chi connectivity index (χ1v) is 8.68. The molecule has 0 spiro atoms. The van der Waals surface area contributed by atoms with Gasteiger partial charge in [-0.1, -0.05) is 55.1 Å². The first-order chi connectivity index (χ1) is 10.5. The Morgan fingerprint density at radius 2 is 2.00 bits per heavy atom. The summed E-state index contributed by atoms with van der Waals surface area (Å²) in [5.74, 6) is 0.471. The van der Waals surface area contributed by atoms with Crippen LogP contribution in [-0.2, 0) is 4.79 Å². The van der Waals surface area contributed by atoms with E-state index in [2.05, 4.69) is 29.4 Å².